The first-order valence-electron chi connectivity index (χ1n) is 9.76. The lowest BCUT2D eigenvalue weighted by Crippen LogP contribution is -2.19. The number of hydrogen-bond donors (Lipinski definition) is 2. The molecule has 0 radical (unpaired) electrons. The van der Waals surface area contributed by atoms with Crippen molar-refractivity contribution in [3.05, 3.63) is 66.5 Å². The lowest BCUT2D eigenvalue weighted by atomic mass is 10.1. The van der Waals surface area contributed by atoms with Gasteiger partial charge in [0.15, 0.2) is 5.82 Å². The summed E-state index contributed by atoms with van der Waals surface area (Å²) in [4.78, 5) is 12.4. The van der Waals surface area contributed by atoms with Crippen LogP contribution < -0.4 is 5.32 Å². The molecule has 29 heavy (non-hydrogen) atoms. The van der Waals surface area contributed by atoms with E-state index in [-0.39, 0.29) is 5.75 Å². The molecule has 0 amide bonds. The van der Waals surface area contributed by atoms with Crippen LogP contribution >= 0.6 is 11.3 Å². The molecular weight excluding hydrogens is 380 g/mol. The standard InChI is InChI=1S/C23H22N4OS/c1-27(18-9-10-18)13-15-5-7-16(8-6-15)21-12-20-22(29-21)23(25-14-24-20)26-17-3-2-4-19(28)11-17/h2-8,11-12,14,18,28H,9-10,13H2,1H3,(H,24,25,26). The molecule has 5 rings (SSSR count). The maximum atomic E-state index is 9.69. The maximum absolute atomic E-state index is 9.69. The normalized spacial score (nSPS) is 13.9. The molecule has 2 aromatic heterocycles. The van der Waals surface area contributed by atoms with Gasteiger partial charge >= 0.3 is 0 Å². The van der Waals surface area contributed by atoms with Crippen LogP contribution in [0.15, 0.2) is 60.9 Å². The van der Waals surface area contributed by atoms with Crippen molar-refractivity contribution >= 4 is 33.1 Å². The van der Waals surface area contributed by atoms with Gasteiger partial charge in [0.2, 0.25) is 0 Å². The van der Waals surface area contributed by atoms with Crippen molar-refractivity contribution in [2.45, 2.75) is 25.4 Å². The summed E-state index contributed by atoms with van der Waals surface area (Å²) in [5.74, 6) is 0.971. The maximum Gasteiger partial charge on any atom is 0.151 e. The molecule has 0 unspecified atom stereocenters. The second-order valence-electron chi connectivity index (χ2n) is 7.57. The Kier molecular flexibility index (Phi) is 4.66. The molecule has 5 nitrogen and oxygen atoms in total. The SMILES string of the molecule is CN(Cc1ccc(-c2cc3ncnc(Nc4cccc(O)c4)c3s2)cc1)C1CC1. The third-order valence-electron chi connectivity index (χ3n) is 5.26. The number of nitrogens with one attached hydrogen (secondary N) is 1. The number of phenols is 1. The van der Waals surface area contributed by atoms with Crippen LogP contribution in [0, 0.1) is 0 Å². The molecule has 0 aliphatic heterocycles. The Labute approximate surface area is 173 Å². The molecule has 0 bridgehead atoms. The molecule has 2 aromatic carbocycles. The molecule has 4 aromatic rings. The number of aromatic nitrogens is 2. The fourth-order valence-electron chi connectivity index (χ4n) is 3.51. The van der Waals surface area contributed by atoms with Gasteiger partial charge in [-0.1, -0.05) is 30.3 Å². The zero-order chi connectivity index (χ0) is 19.8. The Bertz CT molecular complexity index is 1150. The summed E-state index contributed by atoms with van der Waals surface area (Å²) < 4.78 is 1.00. The average Bonchev–Trinajstić information content (AvgIpc) is 3.48. The van der Waals surface area contributed by atoms with Crippen molar-refractivity contribution in [2.24, 2.45) is 0 Å². The van der Waals surface area contributed by atoms with Crippen LogP contribution in [0.25, 0.3) is 20.7 Å². The highest BCUT2D eigenvalue weighted by molar-refractivity contribution is 7.22. The van der Waals surface area contributed by atoms with Crippen molar-refractivity contribution in [3.63, 3.8) is 0 Å². The van der Waals surface area contributed by atoms with Crippen molar-refractivity contribution in [1.29, 1.82) is 0 Å². The van der Waals surface area contributed by atoms with Gasteiger partial charge in [0.25, 0.3) is 0 Å². The summed E-state index contributed by atoms with van der Waals surface area (Å²) >= 11 is 1.67. The number of fused-ring (bicyclic) bond motifs is 1. The van der Waals surface area contributed by atoms with Crippen LogP contribution in [0.4, 0.5) is 11.5 Å². The molecule has 1 saturated carbocycles. The molecule has 0 atom stereocenters. The predicted octanol–water partition coefficient (Wildman–Crippen LogP) is 5.40. The third-order valence-corrected chi connectivity index (χ3v) is 6.44. The van der Waals surface area contributed by atoms with Crippen LogP contribution in [-0.4, -0.2) is 33.1 Å². The van der Waals surface area contributed by atoms with E-state index < -0.39 is 0 Å². The van der Waals surface area contributed by atoms with E-state index in [2.05, 4.69) is 57.6 Å². The van der Waals surface area contributed by atoms with E-state index in [1.165, 1.54) is 28.8 Å². The van der Waals surface area contributed by atoms with E-state index in [0.29, 0.717) is 0 Å². The Hall–Kier alpha value is -2.96. The zero-order valence-corrected chi connectivity index (χ0v) is 17.0. The van der Waals surface area contributed by atoms with E-state index in [1.54, 1.807) is 35.9 Å². The quantitative estimate of drug-likeness (QED) is 0.452. The fraction of sp³-hybridized carbons (Fsp3) is 0.217. The van der Waals surface area contributed by atoms with Gasteiger partial charge in [0, 0.05) is 29.2 Å². The Morgan fingerprint density at radius 2 is 1.93 bits per heavy atom. The summed E-state index contributed by atoms with van der Waals surface area (Å²) in [5.41, 5.74) is 4.24. The van der Waals surface area contributed by atoms with Gasteiger partial charge in [-0.25, -0.2) is 9.97 Å². The van der Waals surface area contributed by atoms with Gasteiger partial charge in [-0.2, -0.15) is 0 Å². The number of benzene rings is 2. The highest BCUT2D eigenvalue weighted by Crippen LogP contribution is 2.37. The number of aromatic hydroxyl groups is 1. The Balaban J connectivity index is 1.41. The van der Waals surface area contributed by atoms with E-state index in [0.717, 1.165) is 34.3 Å². The van der Waals surface area contributed by atoms with Gasteiger partial charge in [-0.15, -0.1) is 11.3 Å². The molecule has 1 aliphatic carbocycles. The first-order chi connectivity index (χ1) is 14.2. The minimum atomic E-state index is 0.222. The molecule has 2 heterocycles. The topological polar surface area (TPSA) is 61.3 Å². The minimum Gasteiger partial charge on any atom is -0.508 e. The Morgan fingerprint density at radius 1 is 1.10 bits per heavy atom. The van der Waals surface area contributed by atoms with E-state index in [1.807, 2.05) is 6.07 Å². The molecular formula is C23H22N4OS. The zero-order valence-electron chi connectivity index (χ0n) is 16.2. The average molecular weight is 403 g/mol. The van der Waals surface area contributed by atoms with Crippen LogP contribution in [0.1, 0.15) is 18.4 Å². The highest BCUT2D eigenvalue weighted by Gasteiger charge is 2.25. The number of thiophene rings is 1. The highest BCUT2D eigenvalue weighted by atomic mass is 32.1. The molecule has 0 spiro atoms. The largest absolute Gasteiger partial charge is 0.508 e. The van der Waals surface area contributed by atoms with Gasteiger partial charge < -0.3 is 10.4 Å². The molecule has 1 fully saturated rings. The number of rotatable bonds is 6. The van der Waals surface area contributed by atoms with Crippen molar-refractivity contribution in [1.82, 2.24) is 14.9 Å². The Morgan fingerprint density at radius 3 is 2.69 bits per heavy atom. The van der Waals surface area contributed by atoms with E-state index in [9.17, 15) is 5.11 Å². The monoisotopic (exact) mass is 402 g/mol. The van der Waals surface area contributed by atoms with Crippen LogP contribution in [0.3, 0.4) is 0 Å². The van der Waals surface area contributed by atoms with Crippen LogP contribution in [-0.2, 0) is 6.54 Å². The third kappa shape index (κ3) is 3.95. The number of hydrogen-bond acceptors (Lipinski definition) is 6. The number of phenolic OH excluding ortho intramolecular Hbond substituents is 1. The number of anilines is 2. The van der Waals surface area contributed by atoms with Crippen LogP contribution in [0.2, 0.25) is 0 Å². The minimum absolute atomic E-state index is 0.222. The molecule has 2 N–H and O–H groups in total. The molecule has 6 heteroatoms. The summed E-state index contributed by atoms with van der Waals surface area (Å²) in [5, 5.41) is 13.0. The first kappa shape index (κ1) is 18.1. The predicted molar refractivity (Wildman–Crippen MR) is 119 cm³/mol. The fourth-order valence-corrected chi connectivity index (χ4v) is 4.57. The van der Waals surface area contributed by atoms with Crippen molar-refractivity contribution in [3.8, 4) is 16.2 Å². The van der Waals surface area contributed by atoms with Gasteiger partial charge in [0.1, 0.15) is 12.1 Å². The van der Waals surface area contributed by atoms with Gasteiger partial charge in [-0.3, -0.25) is 4.90 Å². The van der Waals surface area contributed by atoms with Crippen molar-refractivity contribution in [2.75, 3.05) is 12.4 Å². The lowest BCUT2D eigenvalue weighted by molar-refractivity contribution is 0.316. The van der Waals surface area contributed by atoms with Crippen molar-refractivity contribution < 1.29 is 5.11 Å². The van der Waals surface area contributed by atoms with E-state index in [4.69, 9.17) is 0 Å². The molecule has 0 saturated heterocycles. The second-order valence-corrected chi connectivity index (χ2v) is 8.62. The lowest BCUT2D eigenvalue weighted by Gasteiger charge is -2.15. The summed E-state index contributed by atoms with van der Waals surface area (Å²) in [6.45, 7) is 1.00. The van der Waals surface area contributed by atoms with Gasteiger partial charge in [-0.05, 0) is 49.2 Å². The molecule has 146 valence electrons. The smallest absolute Gasteiger partial charge is 0.151 e. The second kappa shape index (κ2) is 7.46. The number of nitrogens with zero attached hydrogens (tertiary/aromatic N) is 3. The summed E-state index contributed by atoms with van der Waals surface area (Å²) in [6.07, 6.45) is 4.23. The van der Waals surface area contributed by atoms with Crippen LogP contribution in [0.5, 0.6) is 5.75 Å². The van der Waals surface area contributed by atoms with E-state index >= 15 is 0 Å². The first-order valence-corrected chi connectivity index (χ1v) is 10.6. The molecule has 1 aliphatic rings. The summed E-state index contributed by atoms with van der Waals surface area (Å²) in [6, 6.07) is 18.7. The van der Waals surface area contributed by atoms with Gasteiger partial charge in [0.05, 0.1) is 10.2 Å². The summed E-state index contributed by atoms with van der Waals surface area (Å²) in [7, 11) is 2.21.